The second kappa shape index (κ2) is 6.87. The highest BCUT2D eigenvalue weighted by atomic mass is 32.2. The van der Waals surface area contributed by atoms with Crippen molar-refractivity contribution in [2.45, 2.75) is 11.8 Å². The topological polar surface area (TPSA) is 46.6 Å². The summed E-state index contributed by atoms with van der Waals surface area (Å²) >= 11 is 1.76. The van der Waals surface area contributed by atoms with Gasteiger partial charge in [-0.2, -0.15) is 0 Å². The maximum absolute atomic E-state index is 12.5. The van der Waals surface area contributed by atoms with Gasteiger partial charge >= 0.3 is 0 Å². The third-order valence-electron chi connectivity index (χ3n) is 3.63. The summed E-state index contributed by atoms with van der Waals surface area (Å²) < 4.78 is 5.58. The highest BCUT2D eigenvalue weighted by molar-refractivity contribution is 7.99. The molecule has 23 heavy (non-hydrogen) atoms. The third-order valence-corrected chi connectivity index (χ3v) is 4.68. The quantitative estimate of drug-likeness (QED) is 0.808. The number of hydrogen-bond acceptors (Lipinski definition) is 4. The number of carbonyl (C=O) groups is 2. The van der Waals surface area contributed by atoms with Gasteiger partial charge in [0.2, 0.25) is 0 Å². The zero-order valence-electron chi connectivity index (χ0n) is 12.8. The number of amides is 1. The number of nitrogens with zero attached hydrogens (tertiary/aromatic N) is 1. The number of carbonyl (C=O) groups excluding carboxylic acids is 2. The van der Waals surface area contributed by atoms with Crippen LogP contribution in [-0.2, 0) is 4.79 Å². The van der Waals surface area contributed by atoms with Gasteiger partial charge in [-0.1, -0.05) is 24.3 Å². The van der Waals surface area contributed by atoms with E-state index >= 15 is 0 Å². The molecular formula is C18H17NO3S. The lowest BCUT2D eigenvalue weighted by Gasteiger charge is -2.28. The first-order chi connectivity index (χ1) is 11.1. The Labute approximate surface area is 139 Å². The van der Waals surface area contributed by atoms with Crippen molar-refractivity contribution in [1.29, 1.82) is 0 Å². The first-order valence-electron chi connectivity index (χ1n) is 7.41. The molecule has 3 rings (SSSR count). The molecule has 4 nitrogen and oxygen atoms in total. The molecule has 0 spiro atoms. The van der Waals surface area contributed by atoms with E-state index in [1.54, 1.807) is 40.9 Å². The van der Waals surface area contributed by atoms with Gasteiger partial charge < -0.3 is 9.64 Å². The minimum absolute atomic E-state index is 0.0243. The van der Waals surface area contributed by atoms with Crippen LogP contribution >= 0.6 is 11.8 Å². The van der Waals surface area contributed by atoms with E-state index in [2.05, 4.69) is 0 Å². The highest BCUT2D eigenvalue weighted by Crippen LogP contribution is 2.34. The van der Waals surface area contributed by atoms with E-state index in [1.807, 2.05) is 24.3 Å². The monoisotopic (exact) mass is 327 g/mol. The van der Waals surface area contributed by atoms with Crippen LogP contribution in [0.2, 0.25) is 0 Å². The first-order valence-corrected chi connectivity index (χ1v) is 8.40. The standard InChI is InChI=1S/C18H17NO3S/c1-13(20)14-5-4-6-15(11-14)22-12-18(21)19-9-10-23-17-8-3-2-7-16(17)19/h2-8,11H,9-10,12H2,1H3. The number of ketones is 1. The van der Waals surface area contributed by atoms with Gasteiger partial charge in [0.05, 0.1) is 5.69 Å². The van der Waals surface area contributed by atoms with Gasteiger partial charge in [0, 0.05) is 22.8 Å². The minimum atomic E-state index is -0.0778. The number of ether oxygens (including phenoxy) is 1. The van der Waals surface area contributed by atoms with Crippen molar-refractivity contribution in [1.82, 2.24) is 0 Å². The Kier molecular flexibility index (Phi) is 4.67. The van der Waals surface area contributed by atoms with Gasteiger partial charge in [0.1, 0.15) is 5.75 Å². The molecule has 5 heteroatoms. The summed E-state index contributed by atoms with van der Waals surface area (Å²) in [6, 6.07) is 14.8. The highest BCUT2D eigenvalue weighted by Gasteiger charge is 2.22. The number of para-hydroxylation sites is 1. The molecule has 2 aromatic carbocycles. The van der Waals surface area contributed by atoms with E-state index in [0.717, 1.165) is 16.3 Å². The summed E-state index contributed by atoms with van der Waals surface area (Å²) in [5.41, 5.74) is 1.52. The number of rotatable bonds is 4. The smallest absolute Gasteiger partial charge is 0.264 e. The molecule has 0 aromatic heterocycles. The van der Waals surface area contributed by atoms with E-state index in [9.17, 15) is 9.59 Å². The van der Waals surface area contributed by atoms with Gasteiger partial charge in [-0.15, -0.1) is 11.8 Å². The van der Waals surface area contributed by atoms with Crippen LogP contribution in [-0.4, -0.2) is 30.6 Å². The molecular weight excluding hydrogens is 310 g/mol. The van der Waals surface area contributed by atoms with Crippen molar-refractivity contribution >= 4 is 29.1 Å². The van der Waals surface area contributed by atoms with Crippen LogP contribution in [0, 0.1) is 0 Å². The van der Waals surface area contributed by atoms with Crippen molar-refractivity contribution in [2.24, 2.45) is 0 Å². The lowest BCUT2D eigenvalue weighted by molar-refractivity contribution is -0.120. The molecule has 0 unspecified atom stereocenters. The summed E-state index contributed by atoms with van der Waals surface area (Å²) in [7, 11) is 0. The van der Waals surface area contributed by atoms with Gasteiger partial charge in [-0.3, -0.25) is 9.59 Å². The number of hydrogen-bond donors (Lipinski definition) is 0. The van der Waals surface area contributed by atoms with E-state index in [-0.39, 0.29) is 18.3 Å². The van der Waals surface area contributed by atoms with E-state index < -0.39 is 0 Å². The van der Waals surface area contributed by atoms with Crippen molar-refractivity contribution in [3.05, 3.63) is 54.1 Å². The largest absolute Gasteiger partial charge is 0.484 e. The van der Waals surface area contributed by atoms with Gasteiger partial charge in [0.15, 0.2) is 12.4 Å². The van der Waals surface area contributed by atoms with Gasteiger partial charge in [0.25, 0.3) is 5.91 Å². The molecule has 1 aliphatic heterocycles. The summed E-state index contributed by atoms with van der Waals surface area (Å²) in [5, 5.41) is 0. The van der Waals surface area contributed by atoms with Gasteiger partial charge in [-0.05, 0) is 31.2 Å². The van der Waals surface area contributed by atoms with E-state index in [4.69, 9.17) is 4.74 Å². The van der Waals surface area contributed by atoms with Crippen LogP contribution in [0.25, 0.3) is 0 Å². The van der Waals surface area contributed by atoms with Crippen molar-refractivity contribution in [3.8, 4) is 5.75 Å². The predicted octanol–water partition coefficient (Wildman–Crippen LogP) is 3.41. The maximum Gasteiger partial charge on any atom is 0.264 e. The van der Waals surface area contributed by atoms with Crippen molar-refractivity contribution in [3.63, 3.8) is 0 Å². The van der Waals surface area contributed by atoms with Crippen LogP contribution in [0.15, 0.2) is 53.4 Å². The zero-order chi connectivity index (χ0) is 16.2. The van der Waals surface area contributed by atoms with E-state index in [0.29, 0.717) is 17.9 Å². The summed E-state index contributed by atoms with van der Waals surface area (Å²) in [4.78, 5) is 26.7. The lowest BCUT2D eigenvalue weighted by atomic mass is 10.1. The molecule has 0 fully saturated rings. The molecule has 1 amide bonds. The van der Waals surface area contributed by atoms with Crippen LogP contribution in [0.4, 0.5) is 5.69 Å². The summed E-state index contributed by atoms with van der Waals surface area (Å²) in [6.07, 6.45) is 0. The Hall–Kier alpha value is -2.27. The molecule has 1 heterocycles. The van der Waals surface area contributed by atoms with Crippen LogP contribution in [0.5, 0.6) is 5.75 Å². The van der Waals surface area contributed by atoms with Crippen molar-refractivity contribution < 1.29 is 14.3 Å². The minimum Gasteiger partial charge on any atom is -0.484 e. The number of thioether (sulfide) groups is 1. The fraction of sp³-hybridized carbons (Fsp3) is 0.222. The molecule has 118 valence electrons. The number of anilines is 1. The average molecular weight is 327 g/mol. The maximum atomic E-state index is 12.5. The molecule has 0 bridgehead atoms. The second-order valence-corrected chi connectivity index (χ2v) is 6.37. The molecule has 0 aliphatic carbocycles. The SMILES string of the molecule is CC(=O)c1cccc(OCC(=O)N2CCSc3ccccc32)c1. The molecule has 0 saturated heterocycles. The number of benzene rings is 2. The zero-order valence-corrected chi connectivity index (χ0v) is 13.6. The fourth-order valence-electron chi connectivity index (χ4n) is 2.46. The Bertz CT molecular complexity index is 745. The predicted molar refractivity (Wildman–Crippen MR) is 91.5 cm³/mol. The Balaban J connectivity index is 1.69. The average Bonchev–Trinajstić information content (AvgIpc) is 2.59. The summed E-state index contributed by atoms with van der Waals surface area (Å²) in [6.45, 7) is 2.14. The molecule has 2 aromatic rings. The van der Waals surface area contributed by atoms with Crippen LogP contribution < -0.4 is 9.64 Å². The molecule has 0 saturated carbocycles. The second-order valence-electron chi connectivity index (χ2n) is 5.23. The van der Waals surface area contributed by atoms with Gasteiger partial charge in [-0.25, -0.2) is 0 Å². The Morgan fingerprint density at radius 2 is 2.00 bits per heavy atom. The van der Waals surface area contributed by atoms with Crippen molar-refractivity contribution in [2.75, 3.05) is 23.8 Å². The lowest BCUT2D eigenvalue weighted by Crippen LogP contribution is -2.38. The normalized spacial score (nSPS) is 13.3. The summed E-state index contributed by atoms with van der Waals surface area (Å²) in [5.74, 6) is 1.31. The molecule has 0 N–H and O–H groups in total. The number of fused-ring (bicyclic) bond motifs is 1. The number of Topliss-reactive ketones (excluding diaryl/α,β-unsaturated/α-hetero) is 1. The Morgan fingerprint density at radius 1 is 1.17 bits per heavy atom. The molecule has 1 aliphatic rings. The van der Waals surface area contributed by atoms with Crippen LogP contribution in [0.3, 0.4) is 0 Å². The fourth-order valence-corrected chi connectivity index (χ4v) is 3.45. The molecule has 0 atom stereocenters. The Morgan fingerprint density at radius 3 is 2.83 bits per heavy atom. The third kappa shape index (κ3) is 3.56. The first kappa shape index (κ1) is 15.6. The van der Waals surface area contributed by atoms with E-state index in [1.165, 1.54) is 6.92 Å². The van der Waals surface area contributed by atoms with Crippen LogP contribution in [0.1, 0.15) is 17.3 Å². The molecule has 0 radical (unpaired) electrons.